The first-order valence-electron chi connectivity index (χ1n) is 5.43. The van der Waals surface area contributed by atoms with E-state index >= 15 is 0 Å². The maximum absolute atomic E-state index is 11.6. The number of nitrogens with one attached hydrogen (secondary N) is 1. The summed E-state index contributed by atoms with van der Waals surface area (Å²) in [6.07, 6.45) is -2.11. The molecule has 0 aliphatic carbocycles. The first-order chi connectivity index (χ1) is 8.99. The fraction of sp³-hybridized carbons (Fsp3) is 0.300. The van der Waals surface area contributed by atoms with Crippen LogP contribution >= 0.6 is 0 Å². The molecule has 1 saturated heterocycles. The van der Waals surface area contributed by atoms with Gasteiger partial charge in [0.15, 0.2) is 11.2 Å². The summed E-state index contributed by atoms with van der Waals surface area (Å²) in [7, 11) is 0. The van der Waals surface area contributed by atoms with Crippen molar-refractivity contribution in [3.8, 4) is 0 Å². The zero-order chi connectivity index (χ0) is 13.7. The number of hydrogen-bond donors (Lipinski definition) is 4. The second-order valence-electron chi connectivity index (χ2n) is 4.19. The molecule has 0 aromatic carbocycles. The fourth-order valence-electron chi connectivity index (χ4n) is 1.99. The Labute approximate surface area is 106 Å². The van der Waals surface area contributed by atoms with Crippen molar-refractivity contribution >= 4 is 17.1 Å². The summed E-state index contributed by atoms with van der Waals surface area (Å²) in [6, 6.07) is 0. The summed E-state index contributed by atoms with van der Waals surface area (Å²) in [5, 5.41) is 19.5. The van der Waals surface area contributed by atoms with E-state index in [-0.39, 0.29) is 22.9 Å². The van der Waals surface area contributed by atoms with Gasteiger partial charge in [-0.2, -0.15) is 4.98 Å². The van der Waals surface area contributed by atoms with Crippen molar-refractivity contribution in [1.29, 1.82) is 0 Å². The molecule has 100 valence electrons. The average Bonchev–Trinajstić information content (AvgIpc) is 2.86. The number of nitrogens with zero attached hydrogens (tertiary/aromatic N) is 3. The van der Waals surface area contributed by atoms with Gasteiger partial charge in [-0.15, -0.1) is 0 Å². The first-order valence-corrected chi connectivity index (χ1v) is 5.43. The normalized spacial score (nSPS) is 26.8. The third-order valence-electron chi connectivity index (χ3n) is 2.94. The molecule has 0 radical (unpaired) electrons. The summed E-state index contributed by atoms with van der Waals surface area (Å²) >= 11 is 0. The molecule has 3 rings (SSSR count). The van der Waals surface area contributed by atoms with Crippen molar-refractivity contribution in [2.75, 3.05) is 5.73 Å². The minimum absolute atomic E-state index is 0.0390. The highest BCUT2D eigenvalue weighted by Crippen LogP contribution is 2.32. The number of ether oxygens (including phenoxy) is 1. The number of aromatic nitrogens is 4. The van der Waals surface area contributed by atoms with E-state index in [2.05, 4.69) is 21.5 Å². The molecule has 9 nitrogen and oxygen atoms in total. The predicted octanol–water partition coefficient (Wildman–Crippen LogP) is -1.53. The van der Waals surface area contributed by atoms with Crippen LogP contribution in [0, 0.1) is 0 Å². The SMILES string of the molecule is C=C1O[C@@H](n2cnc3c(=O)[nH]c(N)nc32)C(O)C1O. The lowest BCUT2D eigenvalue weighted by Crippen LogP contribution is -2.27. The van der Waals surface area contributed by atoms with Crippen LogP contribution in [0.2, 0.25) is 0 Å². The van der Waals surface area contributed by atoms with Gasteiger partial charge in [0.05, 0.1) is 0 Å². The van der Waals surface area contributed by atoms with Crippen molar-refractivity contribution in [3.05, 3.63) is 29.0 Å². The molecule has 1 fully saturated rings. The molecule has 0 bridgehead atoms. The summed E-state index contributed by atoms with van der Waals surface area (Å²) in [6.45, 7) is 3.48. The molecule has 0 saturated carbocycles. The number of hydrogen-bond acceptors (Lipinski definition) is 7. The van der Waals surface area contributed by atoms with Crippen LogP contribution in [0.4, 0.5) is 5.95 Å². The Morgan fingerprint density at radius 2 is 2.26 bits per heavy atom. The van der Waals surface area contributed by atoms with Gasteiger partial charge in [0, 0.05) is 0 Å². The van der Waals surface area contributed by atoms with Crippen LogP contribution in [0.15, 0.2) is 23.5 Å². The highest BCUT2D eigenvalue weighted by Gasteiger charge is 2.40. The van der Waals surface area contributed by atoms with E-state index in [0.717, 1.165) is 0 Å². The molecule has 3 atom stereocenters. The number of anilines is 1. The number of fused-ring (bicyclic) bond motifs is 1. The van der Waals surface area contributed by atoms with Crippen LogP contribution in [0.25, 0.3) is 11.2 Å². The molecule has 1 aliphatic heterocycles. The van der Waals surface area contributed by atoms with E-state index in [4.69, 9.17) is 10.5 Å². The van der Waals surface area contributed by atoms with Gasteiger partial charge in [-0.05, 0) is 0 Å². The molecule has 2 aromatic heterocycles. The Kier molecular flexibility index (Phi) is 2.34. The number of rotatable bonds is 1. The van der Waals surface area contributed by atoms with Gasteiger partial charge in [-0.25, -0.2) is 4.98 Å². The van der Waals surface area contributed by atoms with Gasteiger partial charge < -0.3 is 20.7 Å². The third-order valence-corrected chi connectivity index (χ3v) is 2.94. The number of nitrogens with two attached hydrogens (primary N) is 1. The van der Waals surface area contributed by atoms with Crippen LogP contribution in [0.1, 0.15) is 6.23 Å². The number of nitrogen functional groups attached to an aromatic ring is 1. The summed E-state index contributed by atoms with van der Waals surface area (Å²) < 4.78 is 6.58. The standard InChI is InChI=1S/C10H11N5O4/c1-3-5(16)6(17)9(19-3)15-2-12-4-7(15)13-10(11)14-8(4)18/h2,5-6,9,16-17H,1H2,(H3,11,13,14,18)/t5?,6?,9-/m1/s1. The monoisotopic (exact) mass is 265 g/mol. The van der Waals surface area contributed by atoms with Gasteiger partial charge in [-0.1, -0.05) is 6.58 Å². The lowest BCUT2D eigenvalue weighted by molar-refractivity contribution is -0.0118. The minimum Gasteiger partial charge on any atom is -0.469 e. The van der Waals surface area contributed by atoms with Gasteiger partial charge in [0.2, 0.25) is 12.2 Å². The van der Waals surface area contributed by atoms with Crippen molar-refractivity contribution in [1.82, 2.24) is 19.5 Å². The van der Waals surface area contributed by atoms with Crippen LogP contribution in [-0.4, -0.2) is 41.9 Å². The molecule has 9 heteroatoms. The topological polar surface area (TPSA) is 139 Å². The Hall–Kier alpha value is -2.39. The Bertz CT molecular complexity index is 720. The van der Waals surface area contributed by atoms with Gasteiger partial charge >= 0.3 is 0 Å². The van der Waals surface area contributed by atoms with Crippen molar-refractivity contribution in [2.24, 2.45) is 0 Å². The largest absolute Gasteiger partial charge is 0.469 e. The maximum Gasteiger partial charge on any atom is 0.280 e. The molecule has 3 heterocycles. The summed E-state index contributed by atoms with van der Waals surface area (Å²) in [5.74, 6) is -0.0386. The second kappa shape index (κ2) is 3.80. The molecule has 1 aliphatic rings. The molecular formula is C10H11N5O4. The van der Waals surface area contributed by atoms with E-state index in [1.807, 2.05) is 0 Å². The predicted molar refractivity (Wildman–Crippen MR) is 63.8 cm³/mol. The van der Waals surface area contributed by atoms with Crippen molar-refractivity contribution < 1.29 is 14.9 Å². The van der Waals surface area contributed by atoms with E-state index in [1.54, 1.807) is 0 Å². The van der Waals surface area contributed by atoms with E-state index < -0.39 is 24.0 Å². The van der Waals surface area contributed by atoms with Gasteiger partial charge in [0.25, 0.3) is 5.56 Å². The Balaban J connectivity index is 2.17. The van der Waals surface area contributed by atoms with Crippen molar-refractivity contribution in [3.63, 3.8) is 0 Å². The van der Waals surface area contributed by atoms with E-state index in [1.165, 1.54) is 10.9 Å². The van der Waals surface area contributed by atoms with Crippen LogP contribution in [0.3, 0.4) is 0 Å². The number of imidazole rings is 1. The highest BCUT2D eigenvalue weighted by molar-refractivity contribution is 5.70. The molecular weight excluding hydrogens is 254 g/mol. The first kappa shape index (κ1) is 11.7. The molecule has 2 aromatic rings. The minimum atomic E-state index is -1.23. The Morgan fingerprint density at radius 3 is 2.89 bits per heavy atom. The van der Waals surface area contributed by atoms with Gasteiger partial charge in [-0.3, -0.25) is 14.3 Å². The summed E-state index contributed by atoms with van der Waals surface area (Å²) in [4.78, 5) is 21.8. The zero-order valence-electron chi connectivity index (χ0n) is 9.65. The fourth-order valence-corrected chi connectivity index (χ4v) is 1.99. The second-order valence-corrected chi connectivity index (χ2v) is 4.19. The Morgan fingerprint density at radius 1 is 1.53 bits per heavy atom. The number of aromatic amines is 1. The molecule has 0 amide bonds. The molecule has 19 heavy (non-hydrogen) atoms. The average molecular weight is 265 g/mol. The third kappa shape index (κ3) is 1.59. The highest BCUT2D eigenvalue weighted by atomic mass is 16.5. The van der Waals surface area contributed by atoms with Crippen LogP contribution in [-0.2, 0) is 4.74 Å². The lowest BCUT2D eigenvalue weighted by atomic mass is 10.2. The van der Waals surface area contributed by atoms with E-state index in [0.29, 0.717) is 0 Å². The lowest BCUT2D eigenvalue weighted by Gasteiger charge is -2.15. The van der Waals surface area contributed by atoms with Crippen molar-refractivity contribution in [2.45, 2.75) is 18.4 Å². The smallest absolute Gasteiger partial charge is 0.280 e. The number of aliphatic hydroxyl groups is 2. The number of H-pyrrole nitrogens is 1. The zero-order valence-corrected chi connectivity index (χ0v) is 9.65. The number of aliphatic hydroxyl groups excluding tert-OH is 2. The van der Waals surface area contributed by atoms with Gasteiger partial charge in [0.1, 0.15) is 24.3 Å². The molecule has 0 spiro atoms. The summed E-state index contributed by atoms with van der Waals surface area (Å²) in [5.41, 5.74) is 5.20. The maximum atomic E-state index is 11.6. The van der Waals surface area contributed by atoms with Crippen LogP contribution in [0.5, 0.6) is 0 Å². The quantitative estimate of drug-likeness (QED) is 0.490. The van der Waals surface area contributed by atoms with E-state index in [9.17, 15) is 15.0 Å². The molecule has 5 N–H and O–H groups in total. The van der Waals surface area contributed by atoms with Crippen LogP contribution < -0.4 is 11.3 Å². The molecule has 2 unspecified atom stereocenters.